The van der Waals surface area contributed by atoms with Crippen molar-refractivity contribution in [2.75, 3.05) is 13.2 Å². The molecular formula is C14H21NO2. The van der Waals surface area contributed by atoms with Crippen LogP contribution in [0.1, 0.15) is 47.9 Å². The maximum absolute atomic E-state index is 11.8. The fourth-order valence-corrected chi connectivity index (χ4v) is 2.57. The number of hydrogen-bond acceptors (Lipinski definition) is 2. The number of carbonyl (C=O) groups is 1. The fraction of sp³-hybridized carbons (Fsp3) is 0.643. The second kappa shape index (κ2) is 5.50. The van der Waals surface area contributed by atoms with Crippen LogP contribution in [0.15, 0.2) is 6.07 Å². The number of ketones is 1. The summed E-state index contributed by atoms with van der Waals surface area (Å²) in [6.07, 6.45) is 3.78. The van der Waals surface area contributed by atoms with Gasteiger partial charge in [-0.15, -0.1) is 0 Å². The smallest absolute Gasteiger partial charge is 0.164 e. The molecule has 1 aliphatic carbocycles. The van der Waals surface area contributed by atoms with Gasteiger partial charge in [0.15, 0.2) is 5.78 Å². The van der Waals surface area contributed by atoms with Crippen molar-refractivity contribution in [3.8, 4) is 0 Å². The number of aryl methyl sites for hydroxylation is 1. The van der Waals surface area contributed by atoms with Crippen LogP contribution < -0.4 is 0 Å². The van der Waals surface area contributed by atoms with Crippen LogP contribution in [0.4, 0.5) is 0 Å². The Bertz CT molecular complexity index is 407. The summed E-state index contributed by atoms with van der Waals surface area (Å²) in [5.41, 5.74) is 3.42. The van der Waals surface area contributed by atoms with Crippen molar-refractivity contribution in [1.82, 2.24) is 4.57 Å². The van der Waals surface area contributed by atoms with Crippen LogP contribution in [0.2, 0.25) is 0 Å². The van der Waals surface area contributed by atoms with E-state index in [4.69, 9.17) is 4.74 Å². The van der Waals surface area contributed by atoms with Gasteiger partial charge >= 0.3 is 0 Å². The first kappa shape index (κ1) is 12.4. The Hall–Kier alpha value is -1.09. The highest BCUT2D eigenvalue weighted by molar-refractivity contribution is 5.98. The molecule has 3 heteroatoms. The molecule has 0 atom stereocenters. The number of Topliss-reactive ketones (excluding diaryl/α,β-unsaturated/α-hetero) is 1. The molecule has 1 aromatic heterocycles. The van der Waals surface area contributed by atoms with Crippen molar-refractivity contribution in [3.63, 3.8) is 0 Å². The summed E-state index contributed by atoms with van der Waals surface area (Å²) in [6, 6.07) is 2.05. The van der Waals surface area contributed by atoms with Gasteiger partial charge in [0.05, 0.1) is 0 Å². The van der Waals surface area contributed by atoms with E-state index >= 15 is 0 Å². The molecule has 94 valence electrons. The molecule has 0 radical (unpaired) electrons. The predicted octanol–water partition coefficient (Wildman–Crippen LogP) is 2.74. The standard InChI is InChI=1S/C14H21NO2/c1-3-17-9-5-8-15-11(2)10-12-13(15)6-4-7-14(12)16/h10H,3-9H2,1-2H3. The average molecular weight is 235 g/mol. The third-order valence-corrected chi connectivity index (χ3v) is 3.41. The molecule has 1 heterocycles. The lowest BCUT2D eigenvalue weighted by Crippen LogP contribution is -2.14. The average Bonchev–Trinajstić information content (AvgIpc) is 2.63. The molecule has 0 aliphatic heterocycles. The van der Waals surface area contributed by atoms with Gasteiger partial charge in [-0.2, -0.15) is 0 Å². The van der Waals surface area contributed by atoms with E-state index in [1.807, 2.05) is 6.92 Å². The zero-order valence-corrected chi connectivity index (χ0v) is 10.8. The lowest BCUT2D eigenvalue weighted by molar-refractivity contribution is 0.0971. The lowest BCUT2D eigenvalue weighted by atomic mass is 9.96. The molecule has 1 aromatic rings. The van der Waals surface area contributed by atoms with Gasteiger partial charge < -0.3 is 9.30 Å². The summed E-state index contributed by atoms with van der Waals surface area (Å²) in [7, 11) is 0. The Morgan fingerprint density at radius 2 is 2.24 bits per heavy atom. The quantitative estimate of drug-likeness (QED) is 0.735. The van der Waals surface area contributed by atoms with E-state index < -0.39 is 0 Å². The van der Waals surface area contributed by atoms with E-state index in [-0.39, 0.29) is 0 Å². The number of aromatic nitrogens is 1. The molecule has 2 rings (SSSR count). The van der Waals surface area contributed by atoms with Crippen molar-refractivity contribution in [1.29, 1.82) is 0 Å². The first-order valence-electron chi connectivity index (χ1n) is 6.54. The Labute approximate surface area is 103 Å². The number of nitrogens with zero attached hydrogens (tertiary/aromatic N) is 1. The molecule has 0 N–H and O–H groups in total. The van der Waals surface area contributed by atoms with E-state index in [0.717, 1.165) is 51.0 Å². The molecule has 1 aliphatic rings. The fourth-order valence-electron chi connectivity index (χ4n) is 2.57. The molecule has 0 amide bonds. The Balaban J connectivity index is 2.09. The van der Waals surface area contributed by atoms with Crippen LogP contribution in [0.25, 0.3) is 0 Å². The van der Waals surface area contributed by atoms with Gasteiger partial charge in [0.25, 0.3) is 0 Å². The van der Waals surface area contributed by atoms with Gasteiger partial charge in [0, 0.05) is 43.1 Å². The highest BCUT2D eigenvalue weighted by Gasteiger charge is 2.22. The molecule has 0 aromatic carbocycles. The summed E-state index contributed by atoms with van der Waals surface area (Å²) in [5, 5.41) is 0. The van der Waals surface area contributed by atoms with Crippen LogP contribution in [-0.2, 0) is 17.7 Å². The van der Waals surface area contributed by atoms with Crippen LogP contribution in [0.5, 0.6) is 0 Å². The molecule has 0 saturated carbocycles. The number of hydrogen-bond donors (Lipinski definition) is 0. The van der Waals surface area contributed by atoms with Gasteiger partial charge in [-0.1, -0.05) is 0 Å². The van der Waals surface area contributed by atoms with Crippen LogP contribution in [0.3, 0.4) is 0 Å². The van der Waals surface area contributed by atoms with Crippen molar-refractivity contribution in [2.45, 2.75) is 46.1 Å². The molecule has 0 spiro atoms. The maximum Gasteiger partial charge on any atom is 0.164 e. The lowest BCUT2D eigenvalue weighted by Gasteiger charge is -2.15. The third kappa shape index (κ3) is 2.60. The Kier molecular flexibility index (Phi) is 4.00. The zero-order valence-electron chi connectivity index (χ0n) is 10.8. The van der Waals surface area contributed by atoms with E-state index in [9.17, 15) is 4.79 Å². The van der Waals surface area contributed by atoms with Crippen molar-refractivity contribution < 1.29 is 9.53 Å². The normalized spacial score (nSPS) is 15.1. The Morgan fingerprint density at radius 3 is 3.00 bits per heavy atom. The summed E-state index contributed by atoms with van der Waals surface area (Å²) in [4.78, 5) is 11.8. The summed E-state index contributed by atoms with van der Waals surface area (Å²) in [6.45, 7) is 6.65. The first-order chi connectivity index (χ1) is 8.24. The van der Waals surface area contributed by atoms with Gasteiger partial charge in [-0.3, -0.25) is 4.79 Å². The molecule has 0 saturated heterocycles. The topological polar surface area (TPSA) is 31.2 Å². The van der Waals surface area contributed by atoms with Crippen LogP contribution >= 0.6 is 0 Å². The van der Waals surface area contributed by atoms with E-state index in [2.05, 4.69) is 17.6 Å². The number of fused-ring (bicyclic) bond motifs is 1. The summed E-state index contributed by atoms with van der Waals surface area (Å²) >= 11 is 0. The third-order valence-electron chi connectivity index (χ3n) is 3.41. The van der Waals surface area contributed by atoms with E-state index in [1.54, 1.807) is 0 Å². The second-order valence-electron chi connectivity index (χ2n) is 4.62. The Morgan fingerprint density at radius 1 is 1.41 bits per heavy atom. The number of rotatable bonds is 5. The van der Waals surface area contributed by atoms with Crippen LogP contribution in [0, 0.1) is 6.92 Å². The monoisotopic (exact) mass is 235 g/mol. The second-order valence-corrected chi connectivity index (χ2v) is 4.62. The predicted molar refractivity (Wildman–Crippen MR) is 67.5 cm³/mol. The minimum absolute atomic E-state index is 0.318. The summed E-state index contributed by atoms with van der Waals surface area (Å²) in [5.74, 6) is 0.318. The number of ether oxygens (including phenoxy) is 1. The minimum atomic E-state index is 0.318. The van der Waals surface area contributed by atoms with Gasteiger partial charge in [0.2, 0.25) is 0 Å². The largest absolute Gasteiger partial charge is 0.382 e. The molecule has 3 nitrogen and oxygen atoms in total. The van der Waals surface area contributed by atoms with Gasteiger partial charge in [0.1, 0.15) is 0 Å². The van der Waals surface area contributed by atoms with E-state index in [1.165, 1.54) is 11.4 Å². The molecule has 0 unspecified atom stereocenters. The highest BCUT2D eigenvalue weighted by Crippen LogP contribution is 2.25. The summed E-state index contributed by atoms with van der Waals surface area (Å²) < 4.78 is 7.65. The molecular weight excluding hydrogens is 214 g/mol. The first-order valence-corrected chi connectivity index (χ1v) is 6.54. The maximum atomic E-state index is 11.8. The van der Waals surface area contributed by atoms with Gasteiger partial charge in [-0.25, -0.2) is 0 Å². The highest BCUT2D eigenvalue weighted by atomic mass is 16.5. The minimum Gasteiger partial charge on any atom is -0.382 e. The molecule has 0 bridgehead atoms. The van der Waals surface area contributed by atoms with Crippen molar-refractivity contribution >= 4 is 5.78 Å². The van der Waals surface area contributed by atoms with Crippen molar-refractivity contribution in [3.05, 3.63) is 23.0 Å². The zero-order chi connectivity index (χ0) is 12.3. The van der Waals surface area contributed by atoms with E-state index in [0.29, 0.717) is 5.78 Å². The molecule has 17 heavy (non-hydrogen) atoms. The SMILES string of the molecule is CCOCCCn1c(C)cc2c1CCCC2=O. The number of carbonyl (C=O) groups excluding carboxylic acids is 1. The van der Waals surface area contributed by atoms with Crippen molar-refractivity contribution in [2.24, 2.45) is 0 Å². The van der Waals surface area contributed by atoms with Gasteiger partial charge in [-0.05, 0) is 39.2 Å². The molecule has 0 fully saturated rings. The van der Waals surface area contributed by atoms with Crippen LogP contribution in [-0.4, -0.2) is 23.6 Å².